The number of nitrogens with two attached hydrogens (primary N) is 1. The number of carbonyl (C=O) groups excluding carboxylic acids is 1. The second kappa shape index (κ2) is 8.40. The summed E-state index contributed by atoms with van der Waals surface area (Å²) in [5, 5.41) is 3.05. The number of nitrogens with one attached hydrogen (secondary N) is 1. The van der Waals surface area contributed by atoms with Crippen molar-refractivity contribution in [3.63, 3.8) is 0 Å². The summed E-state index contributed by atoms with van der Waals surface area (Å²) in [5.41, 5.74) is 6.56. The number of rotatable bonds is 6. The van der Waals surface area contributed by atoms with Gasteiger partial charge in [-0.15, -0.1) is 0 Å². The molecule has 0 saturated carbocycles. The molecule has 4 rings (SSSR count). The molecule has 0 aliphatic heterocycles. The number of para-hydroxylation sites is 1. The lowest BCUT2D eigenvalue weighted by molar-refractivity contribution is 0.0941. The number of imidazole rings is 1. The molecule has 0 atom stereocenters. The zero-order valence-electron chi connectivity index (χ0n) is 16.4. The Morgan fingerprint density at radius 1 is 0.969 bits per heavy atom. The minimum atomic E-state index is -2.31. The number of hydrogen-bond donors (Lipinski definition) is 2. The summed E-state index contributed by atoms with van der Waals surface area (Å²) in [6, 6.07) is 7.43. The smallest absolute Gasteiger partial charge is 0.257 e. The molecule has 0 unspecified atom stereocenters. The third kappa shape index (κ3) is 3.59. The van der Waals surface area contributed by atoms with Crippen LogP contribution in [0.5, 0.6) is 0 Å². The van der Waals surface area contributed by atoms with E-state index in [9.17, 15) is 26.7 Å². The van der Waals surface area contributed by atoms with Crippen LogP contribution in [0.4, 0.5) is 27.8 Å². The van der Waals surface area contributed by atoms with E-state index in [2.05, 4.69) is 15.3 Å². The summed E-state index contributed by atoms with van der Waals surface area (Å²) in [7, 11) is 0. The Hall–Kier alpha value is -3.76. The third-order valence-corrected chi connectivity index (χ3v) is 5.03. The highest BCUT2D eigenvalue weighted by atomic mass is 19.2. The number of unbranched alkanes of at least 4 members (excludes halogenated alkanes) is 1. The third-order valence-electron chi connectivity index (χ3n) is 5.03. The highest BCUT2D eigenvalue weighted by Gasteiger charge is 2.29. The van der Waals surface area contributed by atoms with E-state index in [-0.39, 0.29) is 6.54 Å². The second-order valence-electron chi connectivity index (χ2n) is 7.06. The van der Waals surface area contributed by atoms with Crippen LogP contribution in [0.2, 0.25) is 0 Å². The lowest BCUT2D eigenvalue weighted by atomic mass is 10.1. The van der Waals surface area contributed by atoms with Gasteiger partial charge in [0.05, 0.1) is 17.4 Å². The number of halogens is 5. The van der Waals surface area contributed by atoms with Crippen LogP contribution in [0.1, 0.15) is 23.2 Å². The summed E-state index contributed by atoms with van der Waals surface area (Å²) >= 11 is 0. The largest absolute Gasteiger partial charge is 0.382 e. The minimum Gasteiger partial charge on any atom is -0.382 e. The van der Waals surface area contributed by atoms with Gasteiger partial charge in [-0.05, 0) is 18.9 Å². The number of pyridine rings is 1. The molecule has 32 heavy (non-hydrogen) atoms. The Bertz CT molecular complexity index is 1320. The van der Waals surface area contributed by atoms with E-state index in [0.717, 1.165) is 10.9 Å². The van der Waals surface area contributed by atoms with Gasteiger partial charge in [0.1, 0.15) is 11.1 Å². The van der Waals surface area contributed by atoms with Crippen LogP contribution in [0.3, 0.4) is 0 Å². The fourth-order valence-corrected chi connectivity index (χ4v) is 3.48. The first kappa shape index (κ1) is 21.5. The van der Waals surface area contributed by atoms with E-state index in [4.69, 9.17) is 5.73 Å². The number of aromatic nitrogens is 3. The molecule has 6 nitrogen and oxygen atoms in total. The van der Waals surface area contributed by atoms with Gasteiger partial charge in [0.15, 0.2) is 29.1 Å². The quantitative estimate of drug-likeness (QED) is 0.201. The molecule has 11 heteroatoms. The van der Waals surface area contributed by atoms with E-state index in [1.807, 2.05) is 28.8 Å². The standard InChI is InChI=1S/C21H16F5N5O/c22-13-12(14(23)16(25)17(26)15(13)24)21(32)28-7-3-4-8-31-9-29-18-19(31)10-5-1-2-6-11(10)30-20(18)27/h1-2,5-6,9H,3-4,7-8H2,(H2,27,30)(H,28,32). The van der Waals surface area contributed by atoms with Crippen LogP contribution in [0, 0.1) is 29.1 Å². The summed E-state index contributed by atoms with van der Waals surface area (Å²) in [6.45, 7) is 0.456. The van der Waals surface area contributed by atoms with Gasteiger partial charge in [0.25, 0.3) is 5.91 Å². The summed E-state index contributed by atoms with van der Waals surface area (Å²) in [6.07, 6.45) is 2.52. The Morgan fingerprint density at radius 3 is 2.34 bits per heavy atom. The average Bonchev–Trinajstić information content (AvgIpc) is 3.21. The molecule has 0 bridgehead atoms. The molecule has 0 aliphatic carbocycles. The van der Waals surface area contributed by atoms with Gasteiger partial charge >= 0.3 is 0 Å². The molecule has 0 radical (unpaired) electrons. The lowest BCUT2D eigenvalue weighted by Crippen LogP contribution is -2.28. The predicted octanol–water partition coefficient (Wildman–Crippen LogP) is 4.07. The Balaban J connectivity index is 1.42. The van der Waals surface area contributed by atoms with E-state index in [1.54, 1.807) is 6.33 Å². The van der Waals surface area contributed by atoms with Crippen molar-refractivity contribution in [2.75, 3.05) is 12.3 Å². The summed E-state index contributed by atoms with van der Waals surface area (Å²) in [4.78, 5) is 20.6. The van der Waals surface area contributed by atoms with Gasteiger partial charge in [-0.3, -0.25) is 4.79 Å². The summed E-state index contributed by atoms with van der Waals surface area (Å²) in [5.74, 6) is -12.1. The first-order chi connectivity index (χ1) is 15.3. The van der Waals surface area contributed by atoms with Crippen molar-refractivity contribution in [2.24, 2.45) is 0 Å². The van der Waals surface area contributed by atoms with Gasteiger partial charge in [0, 0.05) is 18.5 Å². The van der Waals surface area contributed by atoms with E-state index < -0.39 is 40.6 Å². The SMILES string of the molecule is Nc1nc2ccccc2c2c1ncn2CCCCNC(=O)c1c(F)c(F)c(F)c(F)c1F. The Labute approximate surface area is 177 Å². The molecule has 0 fully saturated rings. The van der Waals surface area contributed by atoms with Crippen LogP contribution in [-0.4, -0.2) is 27.0 Å². The topological polar surface area (TPSA) is 85.8 Å². The molecule has 0 spiro atoms. The molecule has 4 aromatic rings. The van der Waals surface area contributed by atoms with Crippen LogP contribution in [-0.2, 0) is 6.54 Å². The molecule has 2 heterocycles. The van der Waals surface area contributed by atoms with Crippen molar-refractivity contribution < 1.29 is 26.7 Å². The fraction of sp³-hybridized carbons (Fsp3) is 0.190. The molecule has 0 aliphatic rings. The highest BCUT2D eigenvalue weighted by molar-refractivity contribution is 6.06. The lowest BCUT2D eigenvalue weighted by Gasteiger charge is -2.10. The molecular formula is C21H16F5N5O. The number of anilines is 1. The van der Waals surface area contributed by atoms with Crippen LogP contribution in [0.15, 0.2) is 30.6 Å². The van der Waals surface area contributed by atoms with Gasteiger partial charge in [0.2, 0.25) is 5.82 Å². The number of nitrogens with zero attached hydrogens (tertiary/aromatic N) is 3. The molecular weight excluding hydrogens is 433 g/mol. The van der Waals surface area contributed by atoms with E-state index in [0.29, 0.717) is 36.2 Å². The number of benzene rings is 2. The maximum Gasteiger partial charge on any atom is 0.257 e. The minimum absolute atomic E-state index is 0.0323. The molecule has 2 aromatic carbocycles. The fourth-order valence-electron chi connectivity index (χ4n) is 3.48. The summed E-state index contributed by atoms with van der Waals surface area (Å²) < 4.78 is 68.9. The van der Waals surface area contributed by atoms with Gasteiger partial charge in [-0.25, -0.2) is 31.9 Å². The first-order valence-electron chi connectivity index (χ1n) is 9.60. The number of nitrogen functional groups attached to an aromatic ring is 1. The normalized spacial score (nSPS) is 11.4. The number of aryl methyl sites for hydroxylation is 1. The van der Waals surface area contributed by atoms with E-state index >= 15 is 0 Å². The van der Waals surface area contributed by atoms with Crippen LogP contribution >= 0.6 is 0 Å². The van der Waals surface area contributed by atoms with Crippen molar-refractivity contribution in [1.29, 1.82) is 0 Å². The van der Waals surface area contributed by atoms with Crippen LogP contribution < -0.4 is 11.1 Å². The zero-order valence-corrected chi connectivity index (χ0v) is 16.4. The van der Waals surface area contributed by atoms with Gasteiger partial charge < -0.3 is 15.6 Å². The number of hydrogen-bond acceptors (Lipinski definition) is 4. The van der Waals surface area contributed by atoms with Crippen molar-refractivity contribution in [3.8, 4) is 0 Å². The van der Waals surface area contributed by atoms with Crippen molar-refractivity contribution in [3.05, 3.63) is 65.2 Å². The molecule has 0 saturated heterocycles. The molecule has 3 N–H and O–H groups in total. The average molecular weight is 449 g/mol. The van der Waals surface area contributed by atoms with Gasteiger partial charge in [-0.2, -0.15) is 0 Å². The van der Waals surface area contributed by atoms with Crippen molar-refractivity contribution >= 4 is 33.7 Å². The van der Waals surface area contributed by atoms with Crippen LogP contribution in [0.25, 0.3) is 21.9 Å². The molecule has 166 valence electrons. The zero-order chi connectivity index (χ0) is 23.0. The van der Waals surface area contributed by atoms with Gasteiger partial charge in [-0.1, -0.05) is 18.2 Å². The van der Waals surface area contributed by atoms with Crippen molar-refractivity contribution in [2.45, 2.75) is 19.4 Å². The van der Waals surface area contributed by atoms with Crippen molar-refractivity contribution in [1.82, 2.24) is 19.9 Å². The number of amides is 1. The van der Waals surface area contributed by atoms with E-state index in [1.165, 1.54) is 0 Å². The highest BCUT2D eigenvalue weighted by Crippen LogP contribution is 2.27. The number of carbonyl (C=O) groups is 1. The number of fused-ring (bicyclic) bond motifs is 3. The monoisotopic (exact) mass is 449 g/mol. The molecule has 2 aromatic heterocycles. The molecule has 1 amide bonds. The first-order valence-corrected chi connectivity index (χ1v) is 9.60. The predicted molar refractivity (Wildman–Crippen MR) is 107 cm³/mol. The second-order valence-corrected chi connectivity index (χ2v) is 7.06. The Kier molecular flexibility index (Phi) is 5.64. The maximum atomic E-state index is 13.7. The Morgan fingerprint density at radius 2 is 1.62 bits per heavy atom. The maximum absolute atomic E-state index is 13.7.